The van der Waals surface area contributed by atoms with Crippen LogP contribution in [0.5, 0.6) is 5.75 Å². The number of ether oxygens (including phenoxy) is 2. The smallest absolute Gasteiger partial charge is 0.337 e. The van der Waals surface area contributed by atoms with Gasteiger partial charge in [-0.1, -0.05) is 0 Å². The lowest BCUT2D eigenvalue weighted by Crippen LogP contribution is -2.17. The molecule has 1 aromatic carbocycles. The molecule has 0 saturated carbocycles. The maximum Gasteiger partial charge on any atom is 0.337 e. The summed E-state index contributed by atoms with van der Waals surface area (Å²) in [6, 6.07) is 5.82. The SMILES string of the molecule is O=C(OCc1ncccn1)C1=Cc2cc(F)ccc2OC1. The summed E-state index contributed by atoms with van der Waals surface area (Å²) in [7, 11) is 0. The Bertz CT molecular complexity index is 701. The van der Waals surface area contributed by atoms with Crippen molar-refractivity contribution in [1.29, 1.82) is 0 Å². The lowest BCUT2D eigenvalue weighted by molar-refractivity contribution is -0.140. The first-order chi connectivity index (χ1) is 10.2. The fourth-order valence-electron chi connectivity index (χ4n) is 1.89. The number of nitrogens with zero attached hydrogens (tertiary/aromatic N) is 2. The Hall–Kier alpha value is -2.76. The first kappa shape index (κ1) is 13.2. The third-order valence-electron chi connectivity index (χ3n) is 2.90. The fourth-order valence-corrected chi connectivity index (χ4v) is 1.89. The van der Waals surface area contributed by atoms with Crippen molar-refractivity contribution in [1.82, 2.24) is 9.97 Å². The van der Waals surface area contributed by atoms with Crippen LogP contribution in [0, 0.1) is 5.82 Å². The van der Waals surface area contributed by atoms with Crippen LogP contribution in [0.1, 0.15) is 11.4 Å². The molecule has 0 spiro atoms. The Balaban J connectivity index is 1.71. The number of hydrogen-bond acceptors (Lipinski definition) is 5. The van der Waals surface area contributed by atoms with Gasteiger partial charge in [0.1, 0.15) is 18.2 Å². The Labute approximate surface area is 120 Å². The minimum absolute atomic E-state index is 0.0208. The summed E-state index contributed by atoms with van der Waals surface area (Å²) in [6.07, 6.45) is 4.70. The molecule has 5 nitrogen and oxygen atoms in total. The molecule has 0 fully saturated rings. The first-order valence-electron chi connectivity index (χ1n) is 6.28. The van der Waals surface area contributed by atoms with Gasteiger partial charge >= 0.3 is 5.97 Å². The molecule has 0 aliphatic carbocycles. The molecule has 1 aliphatic heterocycles. The van der Waals surface area contributed by atoms with Crippen LogP contribution < -0.4 is 4.74 Å². The predicted octanol–water partition coefficient (Wildman–Crippen LogP) is 2.13. The lowest BCUT2D eigenvalue weighted by atomic mass is 10.1. The molecular formula is C15H11FN2O3. The lowest BCUT2D eigenvalue weighted by Gasteiger charge is -2.17. The number of hydrogen-bond donors (Lipinski definition) is 0. The van der Waals surface area contributed by atoms with Crippen molar-refractivity contribution in [2.24, 2.45) is 0 Å². The molecule has 0 bridgehead atoms. The highest BCUT2D eigenvalue weighted by Crippen LogP contribution is 2.27. The van der Waals surface area contributed by atoms with E-state index in [-0.39, 0.29) is 19.0 Å². The average Bonchev–Trinajstić information content (AvgIpc) is 2.53. The molecular weight excluding hydrogens is 275 g/mol. The molecule has 0 radical (unpaired) electrons. The third-order valence-corrected chi connectivity index (χ3v) is 2.90. The Kier molecular flexibility index (Phi) is 3.59. The van der Waals surface area contributed by atoms with Crippen molar-refractivity contribution in [2.75, 3.05) is 6.61 Å². The van der Waals surface area contributed by atoms with Crippen LogP contribution in [-0.4, -0.2) is 22.5 Å². The van der Waals surface area contributed by atoms with Gasteiger partial charge in [0.15, 0.2) is 12.4 Å². The summed E-state index contributed by atoms with van der Waals surface area (Å²) < 4.78 is 23.7. The number of carbonyl (C=O) groups is 1. The zero-order chi connectivity index (χ0) is 14.7. The van der Waals surface area contributed by atoms with Gasteiger partial charge in [0.05, 0.1) is 5.57 Å². The molecule has 0 atom stereocenters. The van der Waals surface area contributed by atoms with Crippen LogP contribution in [0.15, 0.2) is 42.2 Å². The number of fused-ring (bicyclic) bond motifs is 1. The first-order valence-corrected chi connectivity index (χ1v) is 6.28. The summed E-state index contributed by atoms with van der Waals surface area (Å²) >= 11 is 0. The standard InChI is InChI=1S/C15H11FN2O3/c16-12-2-3-13-10(7-12)6-11(8-20-13)15(19)21-9-14-17-4-1-5-18-14/h1-7H,8-9H2. The van der Waals surface area contributed by atoms with Gasteiger partial charge < -0.3 is 9.47 Å². The molecule has 0 saturated heterocycles. The van der Waals surface area contributed by atoms with E-state index in [1.165, 1.54) is 18.2 Å². The van der Waals surface area contributed by atoms with E-state index in [2.05, 4.69) is 9.97 Å². The zero-order valence-corrected chi connectivity index (χ0v) is 11.0. The maximum atomic E-state index is 13.2. The topological polar surface area (TPSA) is 61.3 Å². The van der Waals surface area contributed by atoms with Gasteiger partial charge in [-0.25, -0.2) is 19.2 Å². The highest BCUT2D eigenvalue weighted by atomic mass is 19.1. The second kappa shape index (κ2) is 5.70. The van der Waals surface area contributed by atoms with Crippen LogP contribution in [0.25, 0.3) is 6.08 Å². The predicted molar refractivity (Wildman–Crippen MR) is 71.7 cm³/mol. The second-order valence-corrected chi connectivity index (χ2v) is 4.38. The van der Waals surface area contributed by atoms with Gasteiger partial charge in [-0.05, 0) is 30.3 Å². The van der Waals surface area contributed by atoms with Crippen molar-refractivity contribution in [3.05, 3.63) is 59.4 Å². The molecule has 0 N–H and O–H groups in total. The van der Waals surface area contributed by atoms with E-state index in [0.717, 1.165) is 0 Å². The average molecular weight is 286 g/mol. The number of carbonyl (C=O) groups excluding carboxylic acids is 1. The minimum Gasteiger partial charge on any atom is -0.488 e. The van der Waals surface area contributed by atoms with Crippen molar-refractivity contribution >= 4 is 12.0 Å². The van der Waals surface area contributed by atoms with Crippen LogP contribution >= 0.6 is 0 Å². The molecule has 2 aromatic rings. The Morgan fingerprint density at radius 2 is 2.14 bits per heavy atom. The van der Waals surface area contributed by atoms with Gasteiger partial charge in [-0.15, -0.1) is 0 Å². The normalized spacial score (nSPS) is 12.9. The second-order valence-electron chi connectivity index (χ2n) is 4.38. The van der Waals surface area contributed by atoms with Crippen molar-refractivity contribution in [3.8, 4) is 5.75 Å². The molecule has 1 aliphatic rings. The molecule has 2 heterocycles. The zero-order valence-electron chi connectivity index (χ0n) is 11.0. The number of esters is 1. The van der Waals surface area contributed by atoms with Crippen molar-refractivity contribution < 1.29 is 18.7 Å². The summed E-state index contributed by atoms with van der Waals surface area (Å²) in [5.74, 6) is 0.0345. The van der Waals surface area contributed by atoms with Gasteiger partial charge in [-0.3, -0.25) is 0 Å². The Morgan fingerprint density at radius 1 is 1.33 bits per heavy atom. The monoisotopic (exact) mass is 286 g/mol. The highest BCUT2D eigenvalue weighted by Gasteiger charge is 2.19. The molecule has 1 aromatic heterocycles. The van der Waals surface area contributed by atoms with Gasteiger partial charge in [0, 0.05) is 18.0 Å². The quantitative estimate of drug-likeness (QED) is 0.809. The number of halogens is 1. The van der Waals surface area contributed by atoms with E-state index >= 15 is 0 Å². The highest BCUT2D eigenvalue weighted by molar-refractivity contribution is 5.95. The van der Waals surface area contributed by atoms with Crippen molar-refractivity contribution in [3.63, 3.8) is 0 Å². The molecule has 6 heteroatoms. The summed E-state index contributed by atoms with van der Waals surface area (Å²) in [5.41, 5.74) is 0.841. The molecule has 21 heavy (non-hydrogen) atoms. The van der Waals surface area contributed by atoms with E-state index < -0.39 is 5.97 Å². The number of aromatic nitrogens is 2. The fraction of sp³-hybridized carbons (Fsp3) is 0.133. The number of benzene rings is 1. The van der Waals surface area contributed by atoms with Crippen LogP contribution in [0.4, 0.5) is 4.39 Å². The molecule has 3 rings (SSSR count). The molecule has 106 valence electrons. The summed E-state index contributed by atoms with van der Waals surface area (Å²) in [4.78, 5) is 19.9. The van der Waals surface area contributed by atoms with E-state index in [1.54, 1.807) is 24.5 Å². The van der Waals surface area contributed by atoms with Gasteiger partial charge in [0.2, 0.25) is 0 Å². The van der Waals surface area contributed by atoms with E-state index in [4.69, 9.17) is 9.47 Å². The maximum absolute atomic E-state index is 13.2. The van der Waals surface area contributed by atoms with E-state index in [1.807, 2.05) is 0 Å². The molecule has 0 unspecified atom stereocenters. The van der Waals surface area contributed by atoms with Crippen LogP contribution in [0.2, 0.25) is 0 Å². The van der Waals surface area contributed by atoms with E-state index in [9.17, 15) is 9.18 Å². The minimum atomic E-state index is -0.530. The summed E-state index contributed by atoms with van der Waals surface area (Å²) in [6.45, 7) is 0.0696. The third kappa shape index (κ3) is 3.05. The Morgan fingerprint density at radius 3 is 2.95 bits per heavy atom. The van der Waals surface area contributed by atoms with Crippen LogP contribution in [-0.2, 0) is 16.1 Å². The van der Waals surface area contributed by atoms with Gasteiger partial charge in [-0.2, -0.15) is 0 Å². The van der Waals surface area contributed by atoms with E-state index in [0.29, 0.717) is 22.7 Å². The number of rotatable bonds is 3. The largest absolute Gasteiger partial charge is 0.488 e. The van der Waals surface area contributed by atoms with Crippen LogP contribution in [0.3, 0.4) is 0 Å². The van der Waals surface area contributed by atoms with Crippen molar-refractivity contribution in [2.45, 2.75) is 6.61 Å². The molecule has 0 amide bonds. The van der Waals surface area contributed by atoms with Gasteiger partial charge in [0.25, 0.3) is 0 Å². The summed E-state index contributed by atoms with van der Waals surface area (Å²) in [5, 5.41) is 0.